The van der Waals surface area contributed by atoms with Gasteiger partial charge in [-0.15, -0.1) is 0 Å². The Kier molecular flexibility index (Phi) is 4.42. The third-order valence-corrected chi connectivity index (χ3v) is 3.44. The Balaban J connectivity index is 2.54. The van der Waals surface area contributed by atoms with Gasteiger partial charge in [-0.2, -0.15) is 0 Å². The quantitative estimate of drug-likeness (QED) is 0.662. The van der Waals surface area contributed by atoms with E-state index in [0.29, 0.717) is 0 Å². The van der Waals surface area contributed by atoms with Gasteiger partial charge in [-0.25, -0.2) is 5.43 Å². The van der Waals surface area contributed by atoms with Crippen molar-refractivity contribution in [3.63, 3.8) is 0 Å². The van der Waals surface area contributed by atoms with Crippen LogP contribution in [0.25, 0.3) is 0 Å². The Bertz CT molecular complexity index is 588. The van der Waals surface area contributed by atoms with Gasteiger partial charge in [-0.3, -0.25) is 5.84 Å². The summed E-state index contributed by atoms with van der Waals surface area (Å²) in [7, 11) is 1.68. The molecule has 0 saturated carbocycles. The minimum Gasteiger partial charge on any atom is -0.496 e. The highest BCUT2D eigenvalue weighted by atomic mass is 16.5. The number of methoxy groups -OCH3 is 1. The molecule has 0 amide bonds. The highest BCUT2D eigenvalue weighted by Crippen LogP contribution is 2.31. The molecule has 3 N–H and O–H groups in total. The zero-order chi connectivity index (χ0) is 14.7. The third kappa shape index (κ3) is 3.00. The van der Waals surface area contributed by atoms with Crippen molar-refractivity contribution in [2.24, 2.45) is 5.84 Å². The largest absolute Gasteiger partial charge is 0.496 e. The van der Waals surface area contributed by atoms with Crippen LogP contribution in [0.4, 0.5) is 0 Å². The van der Waals surface area contributed by atoms with Crippen molar-refractivity contribution in [2.45, 2.75) is 26.8 Å². The zero-order valence-electron chi connectivity index (χ0n) is 12.5. The van der Waals surface area contributed by atoms with E-state index in [1.807, 2.05) is 12.1 Å². The predicted octanol–water partition coefficient (Wildman–Crippen LogP) is 3.17. The number of benzene rings is 2. The summed E-state index contributed by atoms with van der Waals surface area (Å²) in [4.78, 5) is 0. The molecular weight excluding hydrogens is 248 g/mol. The summed E-state index contributed by atoms with van der Waals surface area (Å²) in [5.74, 6) is 6.65. The normalized spacial score (nSPS) is 12.2. The van der Waals surface area contributed by atoms with E-state index in [4.69, 9.17) is 10.6 Å². The van der Waals surface area contributed by atoms with Gasteiger partial charge in [-0.1, -0.05) is 47.0 Å². The molecule has 3 nitrogen and oxygen atoms in total. The summed E-state index contributed by atoms with van der Waals surface area (Å²) >= 11 is 0. The molecule has 0 radical (unpaired) electrons. The van der Waals surface area contributed by atoms with Gasteiger partial charge in [0.05, 0.1) is 13.2 Å². The fourth-order valence-electron chi connectivity index (χ4n) is 2.62. The van der Waals surface area contributed by atoms with E-state index < -0.39 is 0 Å². The van der Waals surface area contributed by atoms with E-state index in [9.17, 15) is 0 Å². The molecule has 0 aliphatic heterocycles. The Morgan fingerprint density at radius 2 is 1.60 bits per heavy atom. The second-order valence-electron chi connectivity index (χ2n) is 5.27. The van der Waals surface area contributed by atoms with Crippen molar-refractivity contribution in [1.82, 2.24) is 5.43 Å². The molecule has 2 rings (SSSR count). The Morgan fingerprint density at radius 1 is 0.950 bits per heavy atom. The fourth-order valence-corrected chi connectivity index (χ4v) is 2.62. The summed E-state index contributed by atoms with van der Waals surface area (Å²) in [6, 6.07) is 12.5. The average Bonchev–Trinajstić information content (AvgIpc) is 2.39. The molecule has 0 spiro atoms. The molecule has 106 valence electrons. The highest BCUT2D eigenvalue weighted by molar-refractivity contribution is 5.45. The molecule has 3 heteroatoms. The van der Waals surface area contributed by atoms with Gasteiger partial charge in [0.2, 0.25) is 0 Å². The standard InChI is InChI=1S/C17H22N2O/c1-11-5-6-16(20-4)15(10-11)17(19-18)14-8-12(2)7-13(3)9-14/h5-10,17,19H,18H2,1-4H3. The number of rotatable bonds is 4. The van der Waals surface area contributed by atoms with Crippen molar-refractivity contribution >= 4 is 0 Å². The van der Waals surface area contributed by atoms with Crippen LogP contribution in [0.15, 0.2) is 36.4 Å². The lowest BCUT2D eigenvalue weighted by Gasteiger charge is -2.21. The first-order chi connectivity index (χ1) is 9.55. The smallest absolute Gasteiger partial charge is 0.124 e. The minimum atomic E-state index is -0.0801. The molecule has 0 fully saturated rings. The average molecular weight is 270 g/mol. The molecule has 20 heavy (non-hydrogen) atoms. The molecule has 0 saturated heterocycles. The number of hydrogen-bond acceptors (Lipinski definition) is 3. The van der Waals surface area contributed by atoms with Crippen LogP contribution in [0.3, 0.4) is 0 Å². The molecule has 0 aromatic heterocycles. The van der Waals surface area contributed by atoms with Gasteiger partial charge < -0.3 is 4.74 Å². The van der Waals surface area contributed by atoms with Crippen LogP contribution in [-0.4, -0.2) is 7.11 Å². The van der Waals surface area contributed by atoms with E-state index in [-0.39, 0.29) is 6.04 Å². The van der Waals surface area contributed by atoms with Gasteiger partial charge in [-0.05, 0) is 32.4 Å². The van der Waals surface area contributed by atoms with Crippen molar-refractivity contribution < 1.29 is 4.74 Å². The Labute approximate surface area is 120 Å². The number of ether oxygens (including phenoxy) is 1. The number of hydrogen-bond donors (Lipinski definition) is 2. The lowest BCUT2D eigenvalue weighted by Crippen LogP contribution is -2.29. The lowest BCUT2D eigenvalue weighted by molar-refractivity contribution is 0.404. The maximum atomic E-state index is 5.81. The molecule has 2 aromatic carbocycles. The first kappa shape index (κ1) is 14.6. The number of hydrazine groups is 1. The second kappa shape index (κ2) is 6.07. The maximum Gasteiger partial charge on any atom is 0.124 e. The monoisotopic (exact) mass is 270 g/mol. The first-order valence-corrected chi connectivity index (χ1v) is 6.74. The molecule has 1 atom stereocenters. The summed E-state index contributed by atoms with van der Waals surface area (Å²) in [6.07, 6.45) is 0. The van der Waals surface area contributed by atoms with Crippen molar-refractivity contribution in [3.05, 3.63) is 64.2 Å². The number of nitrogens with two attached hydrogens (primary N) is 1. The molecule has 0 heterocycles. The van der Waals surface area contributed by atoms with Crippen molar-refractivity contribution in [2.75, 3.05) is 7.11 Å². The highest BCUT2D eigenvalue weighted by Gasteiger charge is 2.17. The topological polar surface area (TPSA) is 47.3 Å². The van der Waals surface area contributed by atoms with E-state index in [2.05, 4.69) is 50.5 Å². The zero-order valence-corrected chi connectivity index (χ0v) is 12.5. The molecule has 0 aliphatic carbocycles. The SMILES string of the molecule is COc1ccc(C)cc1C(NN)c1cc(C)cc(C)c1. The number of aryl methyl sites for hydroxylation is 3. The number of nitrogens with one attached hydrogen (secondary N) is 1. The van der Waals surface area contributed by atoms with Gasteiger partial charge in [0.15, 0.2) is 0 Å². The first-order valence-electron chi connectivity index (χ1n) is 6.74. The molecule has 0 bridgehead atoms. The van der Waals surface area contributed by atoms with E-state index in [1.54, 1.807) is 7.11 Å². The predicted molar refractivity (Wildman–Crippen MR) is 82.8 cm³/mol. The van der Waals surface area contributed by atoms with Crippen LogP contribution >= 0.6 is 0 Å². The Morgan fingerprint density at radius 3 is 2.15 bits per heavy atom. The lowest BCUT2D eigenvalue weighted by atomic mass is 9.94. The van der Waals surface area contributed by atoms with Gasteiger partial charge in [0.25, 0.3) is 0 Å². The van der Waals surface area contributed by atoms with Crippen LogP contribution in [0.2, 0.25) is 0 Å². The molecule has 1 unspecified atom stereocenters. The van der Waals surface area contributed by atoms with Crippen molar-refractivity contribution in [3.8, 4) is 5.75 Å². The van der Waals surface area contributed by atoms with Crippen LogP contribution in [0.1, 0.15) is 33.9 Å². The van der Waals surface area contributed by atoms with Crippen LogP contribution in [0.5, 0.6) is 5.75 Å². The third-order valence-electron chi connectivity index (χ3n) is 3.44. The van der Waals surface area contributed by atoms with Crippen LogP contribution < -0.4 is 16.0 Å². The van der Waals surface area contributed by atoms with Crippen molar-refractivity contribution in [1.29, 1.82) is 0 Å². The summed E-state index contributed by atoms with van der Waals surface area (Å²) < 4.78 is 5.47. The Hall–Kier alpha value is -1.84. The molecule has 0 aliphatic rings. The summed E-state index contributed by atoms with van der Waals surface area (Å²) in [5, 5.41) is 0. The van der Waals surface area contributed by atoms with E-state index in [0.717, 1.165) is 16.9 Å². The maximum absolute atomic E-state index is 5.81. The van der Waals surface area contributed by atoms with Gasteiger partial charge >= 0.3 is 0 Å². The van der Waals surface area contributed by atoms with E-state index in [1.165, 1.54) is 16.7 Å². The van der Waals surface area contributed by atoms with Crippen LogP contribution in [0, 0.1) is 20.8 Å². The molecular formula is C17H22N2O. The molecule has 2 aromatic rings. The minimum absolute atomic E-state index is 0.0801. The van der Waals surface area contributed by atoms with Gasteiger partial charge in [0.1, 0.15) is 5.75 Å². The fraction of sp³-hybridized carbons (Fsp3) is 0.294. The summed E-state index contributed by atoms with van der Waals surface area (Å²) in [6.45, 7) is 6.26. The summed E-state index contributed by atoms with van der Waals surface area (Å²) in [5.41, 5.74) is 8.76. The van der Waals surface area contributed by atoms with E-state index >= 15 is 0 Å². The second-order valence-corrected chi connectivity index (χ2v) is 5.27. The van der Waals surface area contributed by atoms with Crippen LogP contribution in [-0.2, 0) is 0 Å². The van der Waals surface area contributed by atoms with Gasteiger partial charge in [0, 0.05) is 5.56 Å².